The Balaban J connectivity index is 2.26. The van der Waals surface area contributed by atoms with Gasteiger partial charge >= 0.3 is 5.97 Å². The van der Waals surface area contributed by atoms with Gasteiger partial charge in [-0.3, -0.25) is 0 Å². The number of rotatable bonds is 2. The third kappa shape index (κ3) is 1.45. The number of phenolic OH excluding ortho intramolecular Hbond substituents is 1. The molecule has 0 aliphatic heterocycles. The highest BCUT2D eigenvalue weighted by Crippen LogP contribution is 2.32. The highest BCUT2D eigenvalue weighted by atomic mass is 16.4. The lowest BCUT2D eigenvalue weighted by Gasteiger charge is -1.99. The molecule has 0 radical (unpaired) electrons. The molecular formula is C13H10N2O3. The smallest absolute Gasteiger partial charge is 0.352 e. The van der Waals surface area contributed by atoms with Crippen LogP contribution >= 0.6 is 0 Å². The summed E-state index contributed by atoms with van der Waals surface area (Å²) in [4.78, 5) is 16.8. The molecule has 0 aliphatic carbocycles. The van der Waals surface area contributed by atoms with E-state index >= 15 is 0 Å². The molecule has 90 valence electrons. The molecule has 3 rings (SSSR count). The summed E-state index contributed by atoms with van der Waals surface area (Å²) in [7, 11) is 0. The summed E-state index contributed by atoms with van der Waals surface area (Å²) >= 11 is 0. The van der Waals surface area contributed by atoms with Crippen molar-refractivity contribution in [1.82, 2.24) is 9.97 Å². The van der Waals surface area contributed by atoms with Crippen molar-refractivity contribution in [3.63, 3.8) is 0 Å². The average Bonchev–Trinajstić information content (AvgIpc) is 2.92. The van der Waals surface area contributed by atoms with Gasteiger partial charge in [-0.15, -0.1) is 0 Å². The Morgan fingerprint density at radius 2 is 1.94 bits per heavy atom. The average molecular weight is 242 g/mol. The maximum absolute atomic E-state index is 11.1. The molecule has 3 aromatic rings. The first kappa shape index (κ1) is 10.5. The molecule has 0 aliphatic rings. The predicted octanol–water partition coefficient (Wildman–Crippen LogP) is 2.57. The molecule has 0 amide bonds. The van der Waals surface area contributed by atoms with Gasteiger partial charge in [0.1, 0.15) is 11.4 Å². The Bertz CT molecular complexity index is 740. The molecule has 0 saturated carbocycles. The van der Waals surface area contributed by atoms with Crippen LogP contribution < -0.4 is 0 Å². The van der Waals surface area contributed by atoms with Crippen molar-refractivity contribution >= 4 is 16.9 Å². The van der Waals surface area contributed by atoms with Gasteiger partial charge in [0.25, 0.3) is 0 Å². The number of H-pyrrole nitrogens is 2. The molecule has 18 heavy (non-hydrogen) atoms. The van der Waals surface area contributed by atoms with Crippen molar-refractivity contribution in [2.24, 2.45) is 0 Å². The van der Waals surface area contributed by atoms with Crippen molar-refractivity contribution in [2.75, 3.05) is 0 Å². The van der Waals surface area contributed by atoms with Crippen LogP contribution in [0.15, 0.2) is 36.7 Å². The third-order valence-corrected chi connectivity index (χ3v) is 2.92. The van der Waals surface area contributed by atoms with Gasteiger partial charge in [-0.25, -0.2) is 4.79 Å². The number of phenols is 1. The van der Waals surface area contributed by atoms with Crippen molar-refractivity contribution in [3.05, 3.63) is 42.4 Å². The van der Waals surface area contributed by atoms with E-state index in [2.05, 4.69) is 9.97 Å². The Hall–Kier alpha value is -2.69. The molecule has 2 heterocycles. The maximum Gasteiger partial charge on any atom is 0.352 e. The van der Waals surface area contributed by atoms with E-state index in [-0.39, 0.29) is 11.4 Å². The maximum atomic E-state index is 11.1. The second kappa shape index (κ2) is 3.66. The summed E-state index contributed by atoms with van der Waals surface area (Å²) in [6.07, 6.45) is 3.33. The number of fused-ring (bicyclic) bond motifs is 1. The van der Waals surface area contributed by atoms with E-state index in [4.69, 9.17) is 5.11 Å². The first-order valence-corrected chi connectivity index (χ1v) is 5.38. The molecule has 1 aromatic carbocycles. The summed E-state index contributed by atoms with van der Waals surface area (Å²) < 4.78 is 0. The Morgan fingerprint density at radius 1 is 1.11 bits per heavy atom. The summed E-state index contributed by atoms with van der Waals surface area (Å²) in [6, 6.07) is 6.66. The van der Waals surface area contributed by atoms with Crippen LogP contribution in [-0.4, -0.2) is 26.2 Å². The molecule has 0 unspecified atom stereocenters. The number of aromatic nitrogens is 2. The fourth-order valence-corrected chi connectivity index (χ4v) is 2.11. The lowest BCUT2D eigenvalue weighted by molar-refractivity contribution is 0.0692. The van der Waals surface area contributed by atoms with Gasteiger partial charge in [0.05, 0.1) is 0 Å². The fraction of sp³-hybridized carbons (Fsp3) is 0. The van der Waals surface area contributed by atoms with Gasteiger partial charge in [-0.2, -0.15) is 0 Å². The number of carbonyl (C=O) groups is 1. The van der Waals surface area contributed by atoms with Crippen molar-refractivity contribution in [1.29, 1.82) is 0 Å². The number of hydrogen-bond acceptors (Lipinski definition) is 2. The van der Waals surface area contributed by atoms with Gasteiger partial charge in [0, 0.05) is 40.5 Å². The van der Waals surface area contributed by atoms with Crippen LogP contribution in [0.1, 0.15) is 10.5 Å². The molecule has 4 N–H and O–H groups in total. The van der Waals surface area contributed by atoms with E-state index in [0.717, 1.165) is 16.5 Å². The molecule has 0 saturated heterocycles. The predicted molar refractivity (Wildman–Crippen MR) is 66.7 cm³/mol. The van der Waals surface area contributed by atoms with Gasteiger partial charge in [-0.05, 0) is 18.2 Å². The van der Waals surface area contributed by atoms with E-state index in [9.17, 15) is 9.90 Å². The topological polar surface area (TPSA) is 89.1 Å². The number of aromatic amines is 2. The van der Waals surface area contributed by atoms with Gasteiger partial charge in [0.2, 0.25) is 0 Å². The number of benzene rings is 1. The molecule has 5 heteroatoms. The van der Waals surface area contributed by atoms with Crippen LogP contribution in [-0.2, 0) is 0 Å². The van der Waals surface area contributed by atoms with E-state index in [1.807, 2.05) is 0 Å². The standard InChI is InChI=1S/C13H10N2O3/c16-7-1-2-8-10(6-15-11(8)5-7)9-3-4-14-12(9)13(17)18/h1-6,14-16H,(H,17,18). The highest BCUT2D eigenvalue weighted by Gasteiger charge is 2.15. The molecule has 2 aromatic heterocycles. The number of carboxylic acid groups (broad SMARTS) is 1. The number of nitrogens with one attached hydrogen (secondary N) is 2. The van der Waals surface area contributed by atoms with Crippen LogP contribution in [0, 0.1) is 0 Å². The summed E-state index contributed by atoms with van der Waals surface area (Å²) in [5, 5.41) is 19.4. The zero-order chi connectivity index (χ0) is 12.7. The monoisotopic (exact) mass is 242 g/mol. The number of aromatic hydroxyl groups is 1. The minimum Gasteiger partial charge on any atom is -0.508 e. The lowest BCUT2D eigenvalue weighted by Crippen LogP contribution is -1.98. The van der Waals surface area contributed by atoms with Crippen LogP contribution in [0.3, 0.4) is 0 Å². The Labute approximate surface area is 102 Å². The van der Waals surface area contributed by atoms with Crippen molar-refractivity contribution in [2.45, 2.75) is 0 Å². The highest BCUT2D eigenvalue weighted by molar-refractivity contribution is 6.02. The summed E-state index contributed by atoms with van der Waals surface area (Å²) in [5.41, 5.74) is 2.34. The second-order valence-electron chi connectivity index (χ2n) is 4.00. The van der Waals surface area contributed by atoms with E-state index in [1.54, 1.807) is 36.7 Å². The van der Waals surface area contributed by atoms with E-state index < -0.39 is 5.97 Å². The van der Waals surface area contributed by atoms with Gasteiger partial charge in [0.15, 0.2) is 0 Å². The molecule has 0 fully saturated rings. The minimum atomic E-state index is -0.997. The fourth-order valence-electron chi connectivity index (χ4n) is 2.11. The molecule has 0 bridgehead atoms. The first-order chi connectivity index (χ1) is 8.66. The zero-order valence-corrected chi connectivity index (χ0v) is 9.27. The van der Waals surface area contributed by atoms with E-state index in [0.29, 0.717) is 5.56 Å². The Kier molecular flexibility index (Phi) is 2.13. The second-order valence-corrected chi connectivity index (χ2v) is 4.00. The summed E-state index contributed by atoms with van der Waals surface area (Å²) in [5.74, 6) is -0.827. The normalized spacial score (nSPS) is 10.9. The third-order valence-electron chi connectivity index (χ3n) is 2.92. The van der Waals surface area contributed by atoms with Gasteiger partial charge < -0.3 is 20.2 Å². The number of aromatic carboxylic acids is 1. The van der Waals surface area contributed by atoms with Crippen molar-refractivity contribution < 1.29 is 15.0 Å². The number of carboxylic acids is 1. The minimum absolute atomic E-state index is 0.156. The van der Waals surface area contributed by atoms with Crippen LogP contribution in [0.25, 0.3) is 22.0 Å². The van der Waals surface area contributed by atoms with Crippen molar-refractivity contribution in [3.8, 4) is 16.9 Å². The quantitative estimate of drug-likeness (QED) is 0.556. The lowest BCUT2D eigenvalue weighted by atomic mass is 10.1. The molecule has 0 atom stereocenters. The molecule has 5 nitrogen and oxygen atoms in total. The van der Waals surface area contributed by atoms with E-state index in [1.165, 1.54) is 0 Å². The molecular weight excluding hydrogens is 232 g/mol. The number of hydrogen-bond donors (Lipinski definition) is 4. The van der Waals surface area contributed by atoms with Crippen LogP contribution in [0.5, 0.6) is 5.75 Å². The van der Waals surface area contributed by atoms with Gasteiger partial charge in [-0.1, -0.05) is 0 Å². The Morgan fingerprint density at radius 3 is 2.72 bits per heavy atom. The van der Waals surface area contributed by atoms with Crippen LogP contribution in [0.4, 0.5) is 0 Å². The first-order valence-electron chi connectivity index (χ1n) is 5.38. The molecule has 0 spiro atoms. The summed E-state index contributed by atoms with van der Waals surface area (Å²) in [6.45, 7) is 0. The SMILES string of the molecule is O=C(O)c1[nH]ccc1-c1c[nH]c2cc(O)ccc12. The zero-order valence-electron chi connectivity index (χ0n) is 9.27. The largest absolute Gasteiger partial charge is 0.508 e. The van der Waals surface area contributed by atoms with Crippen LogP contribution in [0.2, 0.25) is 0 Å².